The van der Waals surface area contributed by atoms with Crippen LogP contribution in [0.4, 0.5) is 5.69 Å². The zero-order valence-corrected chi connectivity index (χ0v) is 18.0. The predicted molar refractivity (Wildman–Crippen MR) is 116 cm³/mol. The lowest BCUT2D eigenvalue weighted by atomic mass is 9.91. The summed E-state index contributed by atoms with van der Waals surface area (Å²) in [5.41, 5.74) is 2.69. The Hall–Kier alpha value is -3.40. The SMILES string of the molecule is Cn1c(=O)n(C)c2cc(S(=O)(=O)Nc3ccc(C4CCc5nncn5C4)cc3)ccc21. The molecule has 2 aromatic carbocycles. The molecule has 10 heteroatoms. The van der Waals surface area contributed by atoms with Crippen LogP contribution in [-0.4, -0.2) is 32.3 Å². The molecule has 1 N–H and O–H groups in total. The smallest absolute Gasteiger partial charge is 0.317 e. The minimum absolute atomic E-state index is 0.109. The van der Waals surface area contributed by atoms with E-state index in [4.69, 9.17) is 0 Å². The third kappa shape index (κ3) is 3.32. The molecular weight excluding hydrogens is 416 g/mol. The number of imidazole rings is 1. The summed E-state index contributed by atoms with van der Waals surface area (Å²) in [4.78, 5) is 12.2. The summed E-state index contributed by atoms with van der Waals surface area (Å²) in [6.45, 7) is 0.823. The summed E-state index contributed by atoms with van der Waals surface area (Å²) in [5.74, 6) is 1.35. The van der Waals surface area contributed by atoms with Crippen molar-refractivity contribution in [1.29, 1.82) is 0 Å². The van der Waals surface area contributed by atoms with E-state index in [-0.39, 0.29) is 10.6 Å². The highest BCUT2D eigenvalue weighted by molar-refractivity contribution is 7.92. The van der Waals surface area contributed by atoms with E-state index in [1.54, 1.807) is 38.6 Å². The standard InChI is InChI=1S/C21H22N6O3S/c1-25-18-9-8-17(11-19(18)26(2)21(25)28)31(29,30)24-16-6-3-14(4-7-16)15-5-10-20-23-22-13-27(20)12-15/h3-4,6-9,11,13,15,24H,5,10,12H2,1-2H3. The summed E-state index contributed by atoms with van der Waals surface area (Å²) in [6, 6.07) is 12.2. The first-order chi connectivity index (χ1) is 14.8. The zero-order chi connectivity index (χ0) is 21.8. The van der Waals surface area contributed by atoms with Gasteiger partial charge in [-0.05, 0) is 42.3 Å². The van der Waals surface area contributed by atoms with Crippen LogP contribution in [0.15, 0.2) is 58.5 Å². The van der Waals surface area contributed by atoms with Crippen molar-refractivity contribution in [3.8, 4) is 0 Å². The van der Waals surface area contributed by atoms with Gasteiger partial charge < -0.3 is 4.57 Å². The van der Waals surface area contributed by atoms with Gasteiger partial charge in [0.25, 0.3) is 10.0 Å². The van der Waals surface area contributed by atoms with Crippen molar-refractivity contribution in [2.24, 2.45) is 14.1 Å². The number of fused-ring (bicyclic) bond motifs is 2. The number of sulfonamides is 1. The van der Waals surface area contributed by atoms with Crippen molar-refractivity contribution in [3.05, 3.63) is 70.7 Å². The Morgan fingerprint density at radius 3 is 2.55 bits per heavy atom. The third-order valence-electron chi connectivity index (χ3n) is 6.02. The second-order valence-corrected chi connectivity index (χ2v) is 9.60. The van der Waals surface area contributed by atoms with Gasteiger partial charge in [-0.15, -0.1) is 10.2 Å². The van der Waals surface area contributed by atoms with Crippen LogP contribution in [-0.2, 0) is 37.1 Å². The lowest BCUT2D eigenvalue weighted by Crippen LogP contribution is -2.19. The van der Waals surface area contributed by atoms with E-state index in [1.165, 1.54) is 21.3 Å². The molecule has 1 aliphatic heterocycles. The van der Waals surface area contributed by atoms with E-state index in [2.05, 4.69) is 19.5 Å². The Bertz CT molecular complexity index is 1450. The monoisotopic (exact) mass is 438 g/mol. The van der Waals surface area contributed by atoms with Crippen LogP contribution in [0.5, 0.6) is 0 Å². The van der Waals surface area contributed by atoms with Crippen LogP contribution in [0.2, 0.25) is 0 Å². The number of hydrogen-bond donors (Lipinski definition) is 1. The van der Waals surface area contributed by atoms with E-state index in [9.17, 15) is 13.2 Å². The maximum absolute atomic E-state index is 12.9. The van der Waals surface area contributed by atoms with Gasteiger partial charge >= 0.3 is 5.69 Å². The van der Waals surface area contributed by atoms with Crippen molar-refractivity contribution in [3.63, 3.8) is 0 Å². The molecular formula is C21H22N6O3S. The highest BCUT2D eigenvalue weighted by Gasteiger charge is 2.22. The molecule has 0 bridgehead atoms. The molecule has 0 saturated heterocycles. The summed E-state index contributed by atoms with van der Waals surface area (Å²) in [6.07, 6.45) is 3.62. The number of hydrogen-bond acceptors (Lipinski definition) is 5. The maximum atomic E-state index is 12.9. The summed E-state index contributed by atoms with van der Waals surface area (Å²) < 4.78 is 33.5. The van der Waals surface area contributed by atoms with E-state index in [0.29, 0.717) is 22.6 Å². The molecule has 9 nitrogen and oxygen atoms in total. The van der Waals surface area contributed by atoms with Crippen LogP contribution in [0.1, 0.15) is 23.7 Å². The van der Waals surface area contributed by atoms with Gasteiger partial charge in [-0.1, -0.05) is 12.1 Å². The minimum atomic E-state index is -3.79. The molecule has 1 atom stereocenters. The van der Waals surface area contributed by atoms with Crippen molar-refractivity contribution >= 4 is 26.7 Å². The Kier molecular flexibility index (Phi) is 4.47. The first-order valence-electron chi connectivity index (χ1n) is 9.98. The van der Waals surface area contributed by atoms with Crippen LogP contribution in [0, 0.1) is 0 Å². The Morgan fingerprint density at radius 1 is 1.03 bits per heavy atom. The van der Waals surface area contributed by atoms with Crippen LogP contribution < -0.4 is 10.4 Å². The minimum Gasteiger partial charge on any atom is -0.317 e. The van der Waals surface area contributed by atoms with Gasteiger partial charge in [-0.2, -0.15) is 0 Å². The number of anilines is 1. The summed E-state index contributed by atoms with van der Waals surface area (Å²) in [7, 11) is -0.503. The second kappa shape index (κ2) is 7.09. The predicted octanol–water partition coefficient (Wildman–Crippen LogP) is 2.00. The molecule has 1 aliphatic rings. The van der Waals surface area contributed by atoms with Crippen LogP contribution in [0.25, 0.3) is 11.0 Å². The first-order valence-corrected chi connectivity index (χ1v) is 11.5. The molecule has 2 aromatic heterocycles. The molecule has 1 unspecified atom stereocenters. The Morgan fingerprint density at radius 2 is 1.77 bits per heavy atom. The number of nitrogens with one attached hydrogen (secondary N) is 1. The highest BCUT2D eigenvalue weighted by Crippen LogP contribution is 2.29. The zero-order valence-electron chi connectivity index (χ0n) is 17.2. The number of rotatable bonds is 4. The highest BCUT2D eigenvalue weighted by atomic mass is 32.2. The topological polar surface area (TPSA) is 104 Å². The van der Waals surface area contributed by atoms with Crippen molar-refractivity contribution in [2.75, 3.05) is 4.72 Å². The van der Waals surface area contributed by atoms with Gasteiger partial charge in [-0.3, -0.25) is 13.9 Å². The largest absolute Gasteiger partial charge is 0.328 e. The van der Waals surface area contributed by atoms with Gasteiger partial charge in [0.1, 0.15) is 12.2 Å². The van der Waals surface area contributed by atoms with Gasteiger partial charge in [0.05, 0.1) is 15.9 Å². The molecule has 0 spiro atoms. The fourth-order valence-electron chi connectivity index (χ4n) is 4.22. The fraction of sp³-hybridized carbons (Fsp3) is 0.286. The Labute approximate surface area is 179 Å². The third-order valence-corrected chi connectivity index (χ3v) is 7.40. The number of nitrogens with zero attached hydrogens (tertiary/aromatic N) is 5. The maximum Gasteiger partial charge on any atom is 0.328 e. The normalized spacial score (nSPS) is 16.4. The van der Waals surface area contributed by atoms with E-state index >= 15 is 0 Å². The summed E-state index contributed by atoms with van der Waals surface area (Å²) >= 11 is 0. The van der Waals surface area contributed by atoms with Gasteiger partial charge in [0, 0.05) is 38.7 Å². The molecule has 0 fully saturated rings. The molecule has 0 aliphatic carbocycles. The number of aromatic nitrogens is 5. The van der Waals surface area contributed by atoms with Gasteiger partial charge in [0.2, 0.25) is 0 Å². The molecule has 4 aromatic rings. The molecule has 0 saturated carbocycles. The molecule has 3 heterocycles. The average Bonchev–Trinajstić information content (AvgIpc) is 3.32. The van der Waals surface area contributed by atoms with Crippen molar-refractivity contribution in [2.45, 2.75) is 30.2 Å². The average molecular weight is 439 g/mol. The molecule has 0 amide bonds. The van der Waals surface area contributed by atoms with Gasteiger partial charge in [-0.25, -0.2) is 13.2 Å². The number of benzene rings is 2. The Balaban J connectivity index is 1.37. The second-order valence-electron chi connectivity index (χ2n) is 7.91. The molecule has 0 radical (unpaired) electrons. The lowest BCUT2D eigenvalue weighted by Gasteiger charge is -2.23. The first kappa shape index (κ1) is 19.6. The quantitative estimate of drug-likeness (QED) is 0.525. The van der Waals surface area contributed by atoms with Crippen molar-refractivity contribution in [1.82, 2.24) is 23.9 Å². The van der Waals surface area contributed by atoms with Crippen LogP contribution >= 0.6 is 0 Å². The molecule has 160 valence electrons. The van der Waals surface area contributed by atoms with Crippen molar-refractivity contribution < 1.29 is 8.42 Å². The number of aryl methyl sites for hydroxylation is 3. The summed E-state index contributed by atoms with van der Waals surface area (Å²) in [5, 5.41) is 8.08. The van der Waals surface area contributed by atoms with E-state index < -0.39 is 10.0 Å². The molecule has 5 rings (SSSR count). The van der Waals surface area contributed by atoms with E-state index in [1.807, 2.05) is 12.1 Å². The van der Waals surface area contributed by atoms with E-state index in [0.717, 1.165) is 30.8 Å². The lowest BCUT2D eigenvalue weighted by molar-refractivity contribution is 0.456. The fourth-order valence-corrected chi connectivity index (χ4v) is 5.30. The van der Waals surface area contributed by atoms with Gasteiger partial charge in [0.15, 0.2) is 0 Å². The van der Waals surface area contributed by atoms with Crippen LogP contribution in [0.3, 0.4) is 0 Å². The molecule has 31 heavy (non-hydrogen) atoms.